The molecule has 3 aromatic rings. The van der Waals surface area contributed by atoms with E-state index in [1.54, 1.807) is 68.6 Å². The minimum atomic E-state index is -0.708. The molecular weight excluding hydrogens is 456 g/mol. The van der Waals surface area contributed by atoms with Gasteiger partial charge in [0.1, 0.15) is 5.75 Å². The fraction of sp³-hybridized carbons (Fsp3) is 0.231. The van der Waals surface area contributed by atoms with E-state index < -0.39 is 12.0 Å². The molecule has 34 heavy (non-hydrogen) atoms. The van der Waals surface area contributed by atoms with Crippen molar-refractivity contribution in [3.05, 3.63) is 82.4 Å². The third-order valence-electron chi connectivity index (χ3n) is 6.03. The number of methoxy groups -OCH3 is 3. The Bertz CT molecular complexity index is 1250. The molecule has 1 heterocycles. The number of nitrogens with zero attached hydrogens (tertiary/aromatic N) is 1. The van der Waals surface area contributed by atoms with Crippen LogP contribution >= 0.6 is 11.6 Å². The molecule has 4 rings (SSSR count). The lowest BCUT2D eigenvalue weighted by atomic mass is 9.79. The van der Waals surface area contributed by atoms with Gasteiger partial charge in [-0.25, -0.2) is 0 Å². The second-order valence-electron chi connectivity index (χ2n) is 7.87. The molecule has 0 unspecified atom stereocenters. The number of nitrogens with one attached hydrogen (secondary N) is 1. The van der Waals surface area contributed by atoms with Crippen molar-refractivity contribution in [3.8, 4) is 17.2 Å². The van der Waals surface area contributed by atoms with Gasteiger partial charge in [0, 0.05) is 17.6 Å². The molecule has 0 fully saturated rings. The zero-order chi connectivity index (χ0) is 24.4. The van der Waals surface area contributed by atoms with Gasteiger partial charge in [0.25, 0.3) is 5.91 Å². The second kappa shape index (κ2) is 9.65. The maximum atomic E-state index is 13.8. The highest BCUT2D eigenvalue weighted by atomic mass is 35.5. The van der Waals surface area contributed by atoms with Crippen LogP contribution in [0.4, 0.5) is 5.69 Å². The van der Waals surface area contributed by atoms with Crippen LogP contribution in [0.3, 0.4) is 0 Å². The topological polar surface area (TPSA) is 77.1 Å². The van der Waals surface area contributed by atoms with Crippen LogP contribution in [0.1, 0.15) is 33.4 Å². The number of fused-ring (bicyclic) bond motifs is 1. The first-order chi connectivity index (χ1) is 16.4. The molecule has 1 aliphatic heterocycles. The molecule has 3 aromatic carbocycles. The molecule has 0 spiro atoms. The van der Waals surface area contributed by atoms with Crippen LogP contribution < -0.4 is 19.5 Å². The Balaban J connectivity index is 1.84. The number of hydrogen-bond donors (Lipinski definition) is 1. The number of rotatable bonds is 6. The molecule has 2 amide bonds. The monoisotopic (exact) mass is 480 g/mol. The molecule has 7 nitrogen and oxygen atoms in total. The molecule has 0 aliphatic carbocycles. The fourth-order valence-corrected chi connectivity index (χ4v) is 4.57. The molecule has 176 valence electrons. The zero-order valence-corrected chi connectivity index (χ0v) is 20.1. The molecule has 0 saturated heterocycles. The molecule has 0 saturated carbocycles. The van der Waals surface area contributed by atoms with Crippen molar-refractivity contribution in [2.45, 2.75) is 12.0 Å². The number of benzene rings is 3. The van der Waals surface area contributed by atoms with Crippen LogP contribution in [-0.4, -0.2) is 45.1 Å². The van der Waals surface area contributed by atoms with Crippen molar-refractivity contribution in [2.24, 2.45) is 0 Å². The molecular formula is C26H25ClN2O5. The Kier molecular flexibility index (Phi) is 6.65. The van der Waals surface area contributed by atoms with Gasteiger partial charge in [-0.15, -0.1) is 0 Å². The number of halogens is 1. The van der Waals surface area contributed by atoms with Crippen LogP contribution in [-0.2, 0) is 4.79 Å². The largest absolute Gasteiger partial charge is 0.495 e. The number of likely N-dealkylation sites (N-methyl/N-ethyl adjacent to an activating group) is 1. The van der Waals surface area contributed by atoms with Crippen molar-refractivity contribution in [1.29, 1.82) is 0 Å². The molecule has 8 heteroatoms. The molecule has 1 N–H and O–H groups in total. The first kappa shape index (κ1) is 23.4. The van der Waals surface area contributed by atoms with E-state index in [1.807, 2.05) is 18.2 Å². The Labute approximate surface area is 203 Å². The lowest BCUT2D eigenvalue weighted by Gasteiger charge is -2.40. The highest BCUT2D eigenvalue weighted by molar-refractivity contribution is 6.31. The highest BCUT2D eigenvalue weighted by Gasteiger charge is 2.43. The van der Waals surface area contributed by atoms with Crippen LogP contribution in [0.5, 0.6) is 17.2 Å². The summed E-state index contributed by atoms with van der Waals surface area (Å²) in [6.45, 7) is 0. The Morgan fingerprint density at radius 2 is 1.59 bits per heavy atom. The number of carbonyl (C=O) groups is 2. The minimum Gasteiger partial charge on any atom is -0.495 e. The van der Waals surface area contributed by atoms with Crippen molar-refractivity contribution in [2.75, 3.05) is 33.7 Å². The summed E-state index contributed by atoms with van der Waals surface area (Å²) in [6.07, 6.45) is 0. The van der Waals surface area contributed by atoms with Crippen molar-refractivity contribution < 1.29 is 23.8 Å². The van der Waals surface area contributed by atoms with E-state index in [9.17, 15) is 9.59 Å². The number of hydrogen-bond acceptors (Lipinski definition) is 5. The van der Waals surface area contributed by atoms with Gasteiger partial charge >= 0.3 is 0 Å². The van der Waals surface area contributed by atoms with Gasteiger partial charge < -0.3 is 24.4 Å². The van der Waals surface area contributed by atoms with Gasteiger partial charge in [-0.2, -0.15) is 0 Å². The van der Waals surface area contributed by atoms with E-state index in [1.165, 1.54) is 7.11 Å². The van der Waals surface area contributed by atoms with E-state index in [-0.39, 0.29) is 11.8 Å². The third kappa shape index (κ3) is 4.15. The zero-order valence-electron chi connectivity index (χ0n) is 19.3. The standard InChI is InChI=1S/C26H25ClN2O5/c1-29-24(15-9-11-21(33-3)22(13-15)34-4)23(17-7-5-6-8-18(17)26(29)31)25(30)28-19-14-16(27)10-12-20(19)32-2/h5-14,23-24H,1-4H3,(H,28,30)/t23-,24-/m0/s1. The first-order valence-corrected chi connectivity index (χ1v) is 11.0. The highest BCUT2D eigenvalue weighted by Crippen LogP contribution is 2.44. The predicted molar refractivity (Wildman–Crippen MR) is 130 cm³/mol. The van der Waals surface area contributed by atoms with Crippen molar-refractivity contribution in [3.63, 3.8) is 0 Å². The average molecular weight is 481 g/mol. The molecule has 0 bridgehead atoms. The molecule has 2 atom stereocenters. The fourth-order valence-electron chi connectivity index (χ4n) is 4.40. The normalized spacial score (nSPS) is 17.1. The number of anilines is 1. The minimum absolute atomic E-state index is 0.167. The van der Waals surface area contributed by atoms with E-state index in [0.717, 1.165) is 5.56 Å². The molecule has 1 aliphatic rings. The van der Waals surface area contributed by atoms with Gasteiger partial charge in [-0.1, -0.05) is 35.9 Å². The summed E-state index contributed by atoms with van der Waals surface area (Å²) < 4.78 is 16.2. The van der Waals surface area contributed by atoms with Gasteiger partial charge in [-0.3, -0.25) is 9.59 Å². The SMILES string of the molecule is COc1ccc(Cl)cc1NC(=O)[C@H]1c2ccccc2C(=O)N(C)[C@H]1c1ccc(OC)c(OC)c1. The lowest BCUT2D eigenvalue weighted by Crippen LogP contribution is -2.44. The number of ether oxygens (including phenoxy) is 3. The van der Waals surface area contributed by atoms with Crippen LogP contribution in [0.25, 0.3) is 0 Å². The quantitative estimate of drug-likeness (QED) is 0.542. The van der Waals surface area contributed by atoms with Crippen LogP contribution in [0.2, 0.25) is 5.02 Å². The summed E-state index contributed by atoms with van der Waals surface area (Å²) in [5, 5.41) is 3.42. The maximum absolute atomic E-state index is 13.8. The summed E-state index contributed by atoms with van der Waals surface area (Å²) in [5.74, 6) is 0.373. The van der Waals surface area contributed by atoms with E-state index in [0.29, 0.717) is 39.1 Å². The van der Waals surface area contributed by atoms with Gasteiger partial charge in [-0.05, 0) is 47.5 Å². The maximum Gasteiger partial charge on any atom is 0.254 e. The summed E-state index contributed by atoms with van der Waals surface area (Å²) in [6, 6.07) is 17.0. The lowest BCUT2D eigenvalue weighted by molar-refractivity contribution is -0.119. The second-order valence-corrected chi connectivity index (χ2v) is 8.31. The van der Waals surface area contributed by atoms with E-state index in [4.69, 9.17) is 25.8 Å². The van der Waals surface area contributed by atoms with Crippen molar-refractivity contribution >= 4 is 29.1 Å². The van der Waals surface area contributed by atoms with Gasteiger partial charge in [0.15, 0.2) is 11.5 Å². The molecule has 0 aromatic heterocycles. The number of amides is 2. The number of carbonyl (C=O) groups excluding carboxylic acids is 2. The summed E-state index contributed by atoms with van der Waals surface area (Å²) >= 11 is 6.17. The van der Waals surface area contributed by atoms with Gasteiger partial charge in [0.2, 0.25) is 5.91 Å². The first-order valence-electron chi connectivity index (χ1n) is 10.6. The smallest absolute Gasteiger partial charge is 0.254 e. The summed E-state index contributed by atoms with van der Waals surface area (Å²) in [5.41, 5.74) is 2.31. The average Bonchev–Trinajstić information content (AvgIpc) is 2.85. The Morgan fingerprint density at radius 1 is 0.912 bits per heavy atom. The van der Waals surface area contributed by atoms with E-state index in [2.05, 4.69) is 5.32 Å². The summed E-state index contributed by atoms with van der Waals surface area (Å²) in [7, 11) is 6.31. The summed E-state index contributed by atoms with van der Waals surface area (Å²) in [4.78, 5) is 28.7. The molecule has 0 radical (unpaired) electrons. The van der Waals surface area contributed by atoms with Gasteiger partial charge in [0.05, 0.1) is 39.0 Å². The third-order valence-corrected chi connectivity index (χ3v) is 6.27. The Morgan fingerprint density at radius 3 is 2.29 bits per heavy atom. The predicted octanol–water partition coefficient (Wildman–Crippen LogP) is 4.92. The van der Waals surface area contributed by atoms with E-state index >= 15 is 0 Å². The van der Waals surface area contributed by atoms with Crippen LogP contribution in [0, 0.1) is 0 Å². The van der Waals surface area contributed by atoms with Crippen molar-refractivity contribution in [1.82, 2.24) is 4.90 Å². The van der Waals surface area contributed by atoms with Crippen LogP contribution in [0.15, 0.2) is 60.7 Å². The Hall–Kier alpha value is -3.71.